The number of hydrogen-bond donors (Lipinski definition) is 0. The third kappa shape index (κ3) is 2.00. The van der Waals surface area contributed by atoms with Gasteiger partial charge in [-0.3, -0.25) is 0 Å². The van der Waals surface area contributed by atoms with Gasteiger partial charge in [0.25, 0.3) is 12.7 Å². The molecule has 0 aliphatic carbocycles. The molecule has 0 saturated heterocycles. The zero-order valence-electron chi connectivity index (χ0n) is 13.5. The van der Waals surface area contributed by atoms with Crippen molar-refractivity contribution in [3.05, 3.63) is 60.9 Å². The van der Waals surface area contributed by atoms with Crippen LogP contribution in [0.1, 0.15) is 13.8 Å². The molecule has 4 rings (SSSR count). The number of hydrogen-bond acceptors (Lipinski definition) is 2. The van der Waals surface area contributed by atoms with E-state index < -0.39 is 6.35 Å². The van der Waals surface area contributed by atoms with Crippen molar-refractivity contribution in [1.82, 2.24) is 9.78 Å². The van der Waals surface area contributed by atoms with Crippen LogP contribution in [0.3, 0.4) is 0 Å². The molecule has 0 amide bonds. The Kier molecular flexibility index (Phi) is 3.22. The molecule has 0 atom stereocenters. The summed E-state index contributed by atoms with van der Waals surface area (Å²) >= 11 is 0. The van der Waals surface area contributed by atoms with Gasteiger partial charge in [0.1, 0.15) is 22.8 Å². The molecule has 1 aromatic heterocycles. The Labute approximate surface area is 136 Å². The molecule has 23 heavy (non-hydrogen) atoms. The predicted octanol–water partition coefficient (Wildman–Crippen LogP) is 2.73. The standard InChI is InChI=1S/C18H20BN3O/c1-3-19(4-2)18-21(16-12-8-9-13-17(16)23-19)14-20-22(18)15-10-6-5-7-11-15/h5-14H,3-4H2,1-2H3. The van der Waals surface area contributed by atoms with E-state index in [0.29, 0.717) is 0 Å². The van der Waals surface area contributed by atoms with Crippen molar-refractivity contribution in [1.29, 1.82) is 0 Å². The van der Waals surface area contributed by atoms with E-state index in [2.05, 4.69) is 41.7 Å². The summed E-state index contributed by atoms with van der Waals surface area (Å²) in [4.78, 5) is 0. The maximum Gasteiger partial charge on any atom is 0.268 e. The van der Waals surface area contributed by atoms with Crippen LogP contribution in [-0.4, -0.2) is 16.1 Å². The zero-order valence-corrected chi connectivity index (χ0v) is 13.5. The number of aromatic nitrogens is 3. The lowest BCUT2D eigenvalue weighted by molar-refractivity contribution is -0.580. The number of para-hydroxylation sites is 3. The third-order valence-electron chi connectivity index (χ3n) is 5.01. The molecule has 0 fully saturated rings. The summed E-state index contributed by atoms with van der Waals surface area (Å²) in [6.07, 6.45) is 2.65. The number of fused-ring (bicyclic) bond motifs is 3. The van der Waals surface area contributed by atoms with Gasteiger partial charge in [-0.15, -0.1) is 17.3 Å². The van der Waals surface area contributed by atoms with Gasteiger partial charge in [0.05, 0.1) is 0 Å². The molecule has 4 nitrogen and oxygen atoms in total. The van der Waals surface area contributed by atoms with E-state index in [1.54, 1.807) is 0 Å². The summed E-state index contributed by atoms with van der Waals surface area (Å²) in [6, 6.07) is 18.5. The smallest absolute Gasteiger partial charge is 0.268 e. The summed E-state index contributed by atoms with van der Waals surface area (Å²) in [5, 5.41) is 4.67. The Hall–Kier alpha value is -2.56. The quantitative estimate of drug-likeness (QED) is 0.550. The largest absolute Gasteiger partial charge is 0.703 e. The molecule has 1 aliphatic heterocycles. The Morgan fingerprint density at radius 2 is 1.70 bits per heavy atom. The molecule has 0 spiro atoms. The fraction of sp³-hybridized carbons (Fsp3) is 0.222. The molecule has 0 radical (unpaired) electrons. The Balaban J connectivity index is 2.01. The first-order chi connectivity index (χ1) is 11.3. The monoisotopic (exact) mass is 305 g/mol. The Morgan fingerprint density at radius 3 is 2.43 bits per heavy atom. The highest BCUT2D eigenvalue weighted by Crippen LogP contribution is 2.29. The molecule has 3 aromatic rings. The zero-order chi connectivity index (χ0) is 15.9. The van der Waals surface area contributed by atoms with Crippen molar-refractivity contribution in [2.24, 2.45) is 0 Å². The highest BCUT2D eigenvalue weighted by atomic mass is 16.5. The first-order valence-corrected chi connectivity index (χ1v) is 8.31. The molecule has 2 heterocycles. The van der Waals surface area contributed by atoms with Crippen LogP contribution >= 0.6 is 0 Å². The molecule has 116 valence electrons. The maximum atomic E-state index is 6.55. The summed E-state index contributed by atoms with van der Waals surface area (Å²) < 4.78 is 10.8. The second-order valence-corrected chi connectivity index (χ2v) is 6.16. The van der Waals surface area contributed by atoms with Crippen LogP contribution in [0, 0.1) is 0 Å². The number of benzene rings is 2. The Morgan fingerprint density at radius 1 is 1.00 bits per heavy atom. The van der Waals surface area contributed by atoms with Gasteiger partial charge < -0.3 is 4.65 Å². The molecular weight excluding hydrogens is 285 g/mol. The van der Waals surface area contributed by atoms with E-state index in [1.807, 2.05) is 47.4 Å². The van der Waals surface area contributed by atoms with Gasteiger partial charge in [-0.25, -0.2) is 4.57 Å². The van der Waals surface area contributed by atoms with Gasteiger partial charge in [0.15, 0.2) is 0 Å². The van der Waals surface area contributed by atoms with E-state index >= 15 is 0 Å². The van der Waals surface area contributed by atoms with Gasteiger partial charge in [0.2, 0.25) is 0 Å². The molecule has 2 aromatic carbocycles. The lowest BCUT2D eigenvalue weighted by atomic mass is 9.35. The van der Waals surface area contributed by atoms with Crippen molar-refractivity contribution < 1.29 is 9.22 Å². The first kappa shape index (κ1) is 14.1. The van der Waals surface area contributed by atoms with Gasteiger partial charge in [-0.05, 0) is 24.3 Å². The average Bonchev–Trinajstić information content (AvgIpc) is 3.08. The third-order valence-corrected chi connectivity index (χ3v) is 5.01. The highest BCUT2D eigenvalue weighted by Gasteiger charge is 2.42. The number of nitrogens with zero attached hydrogens (tertiary/aromatic N) is 3. The predicted molar refractivity (Wildman–Crippen MR) is 92.1 cm³/mol. The van der Waals surface area contributed by atoms with E-state index in [9.17, 15) is 0 Å². The minimum atomic E-state index is -1.16. The van der Waals surface area contributed by atoms with Crippen LogP contribution in [0.15, 0.2) is 60.9 Å². The average molecular weight is 305 g/mol. The molecule has 5 heteroatoms. The van der Waals surface area contributed by atoms with E-state index in [-0.39, 0.29) is 0 Å². The molecule has 0 unspecified atom stereocenters. The van der Waals surface area contributed by atoms with Gasteiger partial charge in [-0.2, -0.15) is 0 Å². The van der Waals surface area contributed by atoms with Crippen molar-refractivity contribution >= 4 is 12.1 Å². The van der Waals surface area contributed by atoms with Crippen molar-refractivity contribution in [2.45, 2.75) is 26.5 Å². The summed E-state index contributed by atoms with van der Waals surface area (Å²) in [6.45, 7) is 4.40. The van der Waals surface area contributed by atoms with Crippen molar-refractivity contribution in [3.8, 4) is 17.1 Å². The van der Waals surface area contributed by atoms with Crippen LogP contribution < -0.4 is 14.9 Å². The fourth-order valence-electron chi connectivity index (χ4n) is 3.63. The molecule has 0 N–H and O–H groups in total. The normalized spacial score (nSPS) is 14.7. The van der Waals surface area contributed by atoms with Gasteiger partial charge in [-0.1, -0.05) is 44.2 Å². The minimum Gasteiger partial charge on any atom is -0.703 e. The molecule has 0 bridgehead atoms. The lowest BCUT2D eigenvalue weighted by Crippen LogP contribution is -2.70. The summed E-state index contributed by atoms with van der Waals surface area (Å²) in [5.41, 5.74) is 3.27. The SMILES string of the molecule is CC[B-]1(CC)Oc2ccccc2-[n+]2cnn(-c3ccccc3)c21. The summed E-state index contributed by atoms with van der Waals surface area (Å²) in [7, 11) is 0. The van der Waals surface area contributed by atoms with Crippen LogP contribution in [-0.2, 0) is 0 Å². The topological polar surface area (TPSA) is 30.9 Å². The summed E-state index contributed by atoms with van der Waals surface area (Å²) in [5.74, 6) is 0.946. The second-order valence-electron chi connectivity index (χ2n) is 6.16. The van der Waals surface area contributed by atoms with Crippen molar-refractivity contribution in [3.63, 3.8) is 0 Å². The Bertz CT molecular complexity index is 827. The van der Waals surface area contributed by atoms with E-state index in [4.69, 9.17) is 4.65 Å². The van der Waals surface area contributed by atoms with Crippen LogP contribution in [0.25, 0.3) is 11.4 Å². The van der Waals surface area contributed by atoms with E-state index in [0.717, 1.165) is 35.5 Å². The van der Waals surface area contributed by atoms with Crippen molar-refractivity contribution in [2.75, 3.05) is 0 Å². The molecule has 1 aliphatic rings. The lowest BCUT2D eigenvalue weighted by Gasteiger charge is -2.41. The van der Waals surface area contributed by atoms with Crippen LogP contribution in [0.4, 0.5) is 0 Å². The van der Waals surface area contributed by atoms with Gasteiger partial charge >= 0.3 is 0 Å². The molecule has 0 saturated carbocycles. The second kappa shape index (κ2) is 5.27. The first-order valence-electron chi connectivity index (χ1n) is 8.31. The fourth-order valence-corrected chi connectivity index (χ4v) is 3.63. The minimum absolute atomic E-state index is 0.946. The van der Waals surface area contributed by atoms with Gasteiger partial charge in [0, 0.05) is 5.10 Å². The number of rotatable bonds is 3. The van der Waals surface area contributed by atoms with E-state index in [1.165, 1.54) is 0 Å². The maximum absolute atomic E-state index is 6.55. The van der Waals surface area contributed by atoms with Crippen LogP contribution in [0.5, 0.6) is 5.75 Å². The highest BCUT2D eigenvalue weighted by molar-refractivity contribution is 6.85. The van der Waals surface area contributed by atoms with Crippen LogP contribution in [0.2, 0.25) is 12.6 Å². The molecular formula is C18H20BN3O.